The second-order valence-electron chi connectivity index (χ2n) is 6.00. The maximum atomic E-state index is 12.2. The first-order valence-electron chi connectivity index (χ1n) is 7.85. The van der Waals surface area contributed by atoms with Crippen LogP contribution in [0.5, 0.6) is 0 Å². The highest BCUT2D eigenvalue weighted by Crippen LogP contribution is 2.35. The molecule has 1 aliphatic carbocycles. The lowest BCUT2D eigenvalue weighted by Crippen LogP contribution is -2.24. The van der Waals surface area contributed by atoms with E-state index >= 15 is 0 Å². The van der Waals surface area contributed by atoms with E-state index in [2.05, 4.69) is 44.5 Å². The minimum Gasteiger partial charge on any atom is -0.352 e. The fourth-order valence-electron chi connectivity index (χ4n) is 3.29. The van der Waals surface area contributed by atoms with Crippen LogP contribution in [0.25, 0.3) is 11.0 Å². The Morgan fingerprint density at radius 3 is 3.00 bits per heavy atom. The summed E-state index contributed by atoms with van der Waals surface area (Å²) in [6.07, 6.45) is 2.68. The minimum atomic E-state index is 0.0880. The summed E-state index contributed by atoms with van der Waals surface area (Å²) in [4.78, 5) is 12.2. The smallest absolute Gasteiger partial charge is 0.220 e. The van der Waals surface area contributed by atoms with E-state index in [9.17, 15) is 4.79 Å². The summed E-state index contributed by atoms with van der Waals surface area (Å²) in [5.41, 5.74) is 5.14. The maximum absolute atomic E-state index is 12.2. The van der Waals surface area contributed by atoms with Gasteiger partial charge >= 0.3 is 0 Å². The van der Waals surface area contributed by atoms with Crippen molar-refractivity contribution in [3.8, 4) is 0 Å². The van der Waals surface area contributed by atoms with Gasteiger partial charge in [-0.05, 0) is 57.9 Å². The molecule has 0 saturated carbocycles. The molecule has 4 rings (SSSR count). The molecule has 3 aromatic rings. The lowest BCUT2D eigenvalue weighted by molar-refractivity contribution is -0.121. The summed E-state index contributed by atoms with van der Waals surface area (Å²) < 4.78 is 4.68. The Morgan fingerprint density at radius 2 is 2.04 bits per heavy atom. The summed E-state index contributed by atoms with van der Waals surface area (Å²) in [5.74, 6) is 0.429. The fourth-order valence-corrected chi connectivity index (χ4v) is 3.29. The Morgan fingerprint density at radius 1 is 1.17 bits per heavy atom. The molecule has 0 bridgehead atoms. The lowest BCUT2D eigenvalue weighted by Gasteiger charge is -2.11. The predicted molar refractivity (Wildman–Crippen MR) is 85.8 cm³/mol. The van der Waals surface area contributed by atoms with Crippen molar-refractivity contribution in [2.75, 3.05) is 0 Å². The summed E-state index contributed by atoms with van der Waals surface area (Å²) in [5, 5.41) is 10.6. The Bertz CT molecular complexity index is 856. The molecule has 0 aliphatic heterocycles. The third kappa shape index (κ3) is 2.82. The van der Waals surface area contributed by atoms with Crippen LogP contribution in [0.4, 0.5) is 0 Å². The quantitative estimate of drug-likeness (QED) is 0.804. The maximum Gasteiger partial charge on any atom is 0.220 e. The molecular formula is C18H17N3O2. The number of rotatable bonds is 4. The second-order valence-corrected chi connectivity index (χ2v) is 6.00. The van der Waals surface area contributed by atoms with E-state index in [0.29, 0.717) is 24.4 Å². The summed E-state index contributed by atoms with van der Waals surface area (Å²) in [7, 11) is 0. The number of carbonyl (C=O) groups is 1. The Hall–Kier alpha value is -2.69. The fraction of sp³-hybridized carbons (Fsp3) is 0.278. The lowest BCUT2D eigenvalue weighted by atomic mass is 9.97. The van der Waals surface area contributed by atoms with Crippen molar-refractivity contribution in [2.24, 2.45) is 0 Å². The zero-order valence-corrected chi connectivity index (χ0v) is 12.7. The van der Waals surface area contributed by atoms with Gasteiger partial charge in [0.1, 0.15) is 11.0 Å². The second kappa shape index (κ2) is 5.83. The molecule has 1 N–H and O–H groups in total. The Labute approximate surface area is 133 Å². The molecule has 23 heavy (non-hydrogen) atoms. The molecule has 1 heterocycles. The van der Waals surface area contributed by atoms with Crippen LogP contribution in [-0.4, -0.2) is 16.2 Å². The number of nitrogens with one attached hydrogen (secondary N) is 1. The summed E-state index contributed by atoms with van der Waals surface area (Å²) in [6, 6.07) is 14.1. The van der Waals surface area contributed by atoms with Crippen molar-refractivity contribution in [1.29, 1.82) is 0 Å². The van der Waals surface area contributed by atoms with Gasteiger partial charge in [0, 0.05) is 13.0 Å². The Kier molecular flexibility index (Phi) is 3.54. The van der Waals surface area contributed by atoms with Crippen molar-refractivity contribution in [2.45, 2.75) is 31.7 Å². The number of hydrogen-bond donors (Lipinski definition) is 1. The molecule has 0 fully saturated rings. The van der Waals surface area contributed by atoms with Crippen LogP contribution in [0.2, 0.25) is 0 Å². The molecular weight excluding hydrogens is 290 g/mol. The van der Waals surface area contributed by atoms with E-state index in [1.165, 1.54) is 11.1 Å². The van der Waals surface area contributed by atoms with Crippen LogP contribution in [0.15, 0.2) is 47.1 Å². The van der Waals surface area contributed by atoms with E-state index in [0.717, 1.165) is 23.9 Å². The number of carbonyl (C=O) groups excluding carboxylic acids is 1. The molecule has 0 saturated heterocycles. The molecule has 0 spiro atoms. The van der Waals surface area contributed by atoms with Crippen LogP contribution in [0, 0.1) is 0 Å². The van der Waals surface area contributed by atoms with E-state index in [1.807, 2.05) is 18.2 Å². The van der Waals surface area contributed by atoms with E-state index < -0.39 is 0 Å². The van der Waals surface area contributed by atoms with Crippen molar-refractivity contribution in [1.82, 2.24) is 15.6 Å². The van der Waals surface area contributed by atoms with Gasteiger partial charge in [0.2, 0.25) is 5.91 Å². The van der Waals surface area contributed by atoms with Gasteiger partial charge in [-0.25, -0.2) is 4.63 Å². The molecule has 1 aliphatic rings. The third-order valence-corrected chi connectivity index (χ3v) is 4.50. The van der Waals surface area contributed by atoms with Gasteiger partial charge in [-0.3, -0.25) is 4.79 Å². The van der Waals surface area contributed by atoms with E-state index in [4.69, 9.17) is 0 Å². The summed E-state index contributed by atoms with van der Waals surface area (Å²) in [6.45, 7) is 0.496. The first-order chi connectivity index (χ1) is 11.3. The minimum absolute atomic E-state index is 0.0880. The molecule has 116 valence electrons. The van der Waals surface area contributed by atoms with Gasteiger partial charge in [-0.15, -0.1) is 0 Å². The number of aromatic nitrogens is 2. The molecule has 1 amide bonds. The SMILES string of the molecule is O=C(CC1CCc2ccccc21)NCc1ccc2nonc2c1. The van der Waals surface area contributed by atoms with Gasteiger partial charge in [0.05, 0.1) is 0 Å². The Balaban J connectivity index is 1.37. The van der Waals surface area contributed by atoms with E-state index in [1.54, 1.807) is 0 Å². The van der Waals surface area contributed by atoms with Crippen molar-refractivity contribution < 1.29 is 9.42 Å². The number of nitrogens with zero attached hydrogens (tertiary/aromatic N) is 2. The van der Waals surface area contributed by atoms with Crippen molar-refractivity contribution >= 4 is 16.9 Å². The molecule has 5 nitrogen and oxygen atoms in total. The number of fused-ring (bicyclic) bond motifs is 2. The zero-order chi connectivity index (χ0) is 15.6. The number of aryl methyl sites for hydroxylation is 1. The largest absolute Gasteiger partial charge is 0.352 e. The van der Waals surface area contributed by atoms with Crippen LogP contribution in [-0.2, 0) is 17.8 Å². The van der Waals surface area contributed by atoms with Gasteiger partial charge in [-0.2, -0.15) is 0 Å². The van der Waals surface area contributed by atoms with Crippen LogP contribution in [0.3, 0.4) is 0 Å². The topological polar surface area (TPSA) is 68.0 Å². The predicted octanol–water partition coefficient (Wildman–Crippen LogP) is 2.96. The van der Waals surface area contributed by atoms with Gasteiger partial charge < -0.3 is 5.32 Å². The van der Waals surface area contributed by atoms with Gasteiger partial charge in [-0.1, -0.05) is 30.3 Å². The van der Waals surface area contributed by atoms with Gasteiger partial charge in [0.15, 0.2) is 0 Å². The highest BCUT2D eigenvalue weighted by Gasteiger charge is 2.23. The van der Waals surface area contributed by atoms with Crippen LogP contribution >= 0.6 is 0 Å². The number of amides is 1. The zero-order valence-electron chi connectivity index (χ0n) is 12.7. The van der Waals surface area contributed by atoms with Crippen LogP contribution in [0.1, 0.15) is 35.4 Å². The van der Waals surface area contributed by atoms with Gasteiger partial charge in [0.25, 0.3) is 0 Å². The van der Waals surface area contributed by atoms with E-state index in [-0.39, 0.29) is 5.91 Å². The third-order valence-electron chi connectivity index (χ3n) is 4.50. The molecule has 2 aromatic carbocycles. The normalized spacial score (nSPS) is 16.4. The number of benzene rings is 2. The number of hydrogen-bond acceptors (Lipinski definition) is 4. The first-order valence-corrected chi connectivity index (χ1v) is 7.85. The molecule has 1 aromatic heterocycles. The average Bonchev–Trinajstić information content (AvgIpc) is 3.20. The molecule has 5 heteroatoms. The van der Waals surface area contributed by atoms with Crippen molar-refractivity contribution in [3.63, 3.8) is 0 Å². The molecule has 1 unspecified atom stereocenters. The standard InChI is InChI=1S/C18H17N3O2/c22-18(10-14-7-6-13-3-1-2-4-15(13)14)19-11-12-5-8-16-17(9-12)21-23-20-16/h1-5,8-9,14H,6-7,10-11H2,(H,19,22). The highest BCUT2D eigenvalue weighted by molar-refractivity contribution is 5.78. The van der Waals surface area contributed by atoms with Crippen LogP contribution < -0.4 is 5.32 Å². The molecule has 1 atom stereocenters. The first kappa shape index (κ1) is 13.9. The van der Waals surface area contributed by atoms with Crippen molar-refractivity contribution in [3.05, 3.63) is 59.2 Å². The highest BCUT2D eigenvalue weighted by atomic mass is 16.6. The monoisotopic (exact) mass is 307 g/mol. The summed E-state index contributed by atoms with van der Waals surface area (Å²) >= 11 is 0. The molecule has 0 radical (unpaired) electrons. The average molecular weight is 307 g/mol.